The highest BCUT2D eigenvalue weighted by Crippen LogP contribution is 2.36. The van der Waals surface area contributed by atoms with E-state index >= 15 is 0 Å². The molecule has 1 fully saturated rings. The van der Waals surface area contributed by atoms with Gasteiger partial charge in [-0.15, -0.1) is 0 Å². The molecule has 0 unspecified atom stereocenters. The summed E-state index contributed by atoms with van der Waals surface area (Å²) in [6.45, 7) is 3.30. The number of fused-ring (bicyclic) bond motifs is 1. The Morgan fingerprint density at radius 2 is 1.79 bits per heavy atom. The molecule has 174 valence electrons. The number of rotatable bonds is 6. The van der Waals surface area contributed by atoms with Crippen LogP contribution < -0.4 is 0 Å². The van der Waals surface area contributed by atoms with E-state index in [9.17, 15) is 13.2 Å². The van der Waals surface area contributed by atoms with Crippen LogP contribution >= 0.6 is 11.5 Å². The van der Waals surface area contributed by atoms with E-state index in [1.54, 1.807) is 0 Å². The Kier molecular flexibility index (Phi) is 7.11. The van der Waals surface area contributed by atoms with Crippen LogP contribution in [0.15, 0.2) is 42.5 Å². The molecule has 3 aromatic rings. The summed E-state index contributed by atoms with van der Waals surface area (Å²) in [5, 5.41) is 0.942. The molecule has 1 aromatic heterocycles. The molecule has 0 saturated heterocycles. The van der Waals surface area contributed by atoms with E-state index in [1.165, 1.54) is 55.8 Å². The van der Waals surface area contributed by atoms with Crippen LogP contribution in [0.5, 0.6) is 0 Å². The third-order valence-corrected chi connectivity index (χ3v) is 7.46. The van der Waals surface area contributed by atoms with Crippen LogP contribution in [0.2, 0.25) is 0 Å². The van der Waals surface area contributed by atoms with Crippen LogP contribution in [-0.4, -0.2) is 28.4 Å². The zero-order valence-corrected chi connectivity index (χ0v) is 20.0. The molecule has 6 heteroatoms. The Labute approximate surface area is 198 Å². The van der Waals surface area contributed by atoms with Gasteiger partial charge in [-0.2, -0.15) is 17.5 Å². The van der Waals surface area contributed by atoms with E-state index in [0.717, 1.165) is 47.2 Å². The van der Waals surface area contributed by atoms with Gasteiger partial charge in [0.2, 0.25) is 0 Å². The van der Waals surface area contributed by atoms with Gasteiger partial charge in [-0.3, -0.25) is 4.90 Å². The third-order valence-electron chi connectivity index (χ3n) is 6.66. The Morgan fingerprint density at radius 3 is 2.45 bits per heavy atom. The molecule has 0 radical (unpaired) electrons. The molecule has 4 rings (SSSR count). The number of halogens is 3. The van der Waals surface area contributed by atoms with Crippen molar-refractivity contribution in [2.75, 3.05) is 13.6 Å². The molecule has 0 N–H and O–H groups in total. The molecule has 0 spiro atoms. The molecule has 2 nitrogen and oxygen atoms in total. The monoisotopic (exact) mass is 470 g/mol. The molecule has 0 aliphatic heterocycles. The van der Waals surface area contributed by atoms with Crippen LogP contribution in [0.1, 0.15) is 63.0 Å². The van der Waals surface area contributed by atoms with Gasteiger partial charge < -0.3 is 0 Å². The van der Waals surface area contributed by atoms with Gasteiger partial charge in [0.05, 0.1) is 21.5 Å². The number of benzene rings is 2. The maximum Gasteiger partial charge on any atom is 0.416 e. The first kappa shape index (κ1) is 23.8. The number of hydrogen-bond donors (Lipinski definition) is 0. The first-order valence-corrected chi connectivity index (χ1v) is 12.4. The zero-order valence-electron chi connectivity index (χ0n) is 19.1. The SMILES string of the molecule is CCCCCN(C)C1(C#Cc2ccc3c(-c4ccc(C(F)(F)F)cc4)nsc3c2)CCCC1. The number of alkyl halides is 3. The smallest absolute Gasteiger partial charge is 0.290 e. The molecular weight excluding hydrogens is 441 g/mol. The highest BCUT2D eigenvalue weighted by molar-refractivity contribution is 7.13. The molecule has 0 atom stereocenters. The normalized spacial score (nSPS) is 15.7. The van der Waals surface area contributed by atoms with E-state index in [0.29, 0.717) is 11.3 Å². The average Bonchev–Trinajstić information content (AvgIpc) is 3.45. The van der Waals surface area contributed by atoms with Crippen molar-refractivity contribution in [3.63, 3.8) is 0 Å². The molecule has 0 bridgehead atoms. The molecule has 1 aliphatic rings. The summed E-state index contributed by atoms with van der Waals surface area (Å²) < 4.78 is 44.1. The van der Waals surface area contributed by atoms with E-state index in [1.807, 2.05) is 18.2 Å². The standard InChI is InChI=1S/C27H29F3N2S/c1-3-4-7-18-32(2)26(15-5-6-16-26)17-14-20-8-13-23-24(19-20)33-31-25(23)21-9-11-22(12-10-21)27(28,29)30/h8-13,19H,3-7,15-16,18H2,1-2H3. The van der Waals surface area contributed by atoms with Crippen molar-refractivity contribution in [3.8, 4) is 23.1 Å². The summed E-state index contributed by atoms with van der Waals surface area (Å²) >= 11 is 1.36. The van der Waals surface area contributed by atoms with E-state index in [2.05, 4.69) is 35.1 Å². The molecule has 1 saturated carbocycles. The van der Waals surface area contributed by atoms with Crippen LogP contribution in [0.4, 0.5) is 13.2 Å². The van der Waals surface area contributed by atoms with Crippen molar-refractivity contribution >= 4 is 21.6 Å². The van der Waals surface area contributed by atoms with Crippen LogP contribution in [-0.2, 0) is 6.18 Å². The van der Waals surface area contributed by atoms with Crippen LogP contribution in [0, 0.1) is 11.8 Å². The number of unbranched alkanes of at least 4 members (excludes halogenated alkanes) is 2. The fraction of sp³-hybridized carbons (Fsp3) is 0.444. The third kappa shape index (κ3) is 5.26. The molecule has 1 heterocycles. The van der Waals surface area contributed by atoms with Gasteiger partial charge in [-0.25, -0.2) is 0 Å². The van der Waals surface area contributed by atoms with E-state index in [4.69, 9.17) is 0 Å². The first-order chi connectivity index (χ1) is 15.8. The maximum absolute atomic E-state index is 12.9. The number of hydrogen-bond acceptors (Lipinski definition) is 3. The molecule has 1 aliphatic carbocycles. The minimum absolute atomic E-state index is 0.0399. The highest BCUT2D eigenvalue weighted by Gasteiger charge is 2.35. The lowest BCUT2D eigenvalue weighted by Gasteiger charge is -2.34. The number of nitrogens with zero attached hydrogens (tertiary/aromatic N) is 2. The molecule has 0 amide bonds. The second kappa shape index (κ2) is 9.87. The van der Waals surface area contributed by atoms with Crippen molar-refractivity contribution in [2.24, 2.45) is 0 Å². The zero-order chi connectivity index (χ0) is 23.5. The fourth-order valence-electron chi connectivity index (χ4n) is 4.60. The van der Waals surface area contributed by atoms with E-state index in [-0.39, 0.29) is 5.54 Å². The second-order valence-corrected chi connectivity index (χ2v) is 9.74. The fourth-order valence-corrected chi connectivity index (χ4v) is 5.44. The van der Waals surface area contributed by atoms with Gasteiger partial charge >= 0.3 is 6.18 Å². The van der Waals surface area contributed by atoms with Crippen molar-refractivity contribution in [2.45, 2.75) is 63.6 Å². The van der Waals surface area contributed by atoms with Gasteiger partial charge in [-0.1, -0.05) is 62.6 Å². The van der Waals surface area contributed by atoms with Crippen molar-refractivity contribution in [1.29, 1.82) is 0 Å². The van der Waals surface area contributed by atoms with Gasteiger partial charge in [0.25, 0.3) is 0 Å². The summed E-state index contributed by atoms with van der Waals surface area (Å²) in [5.74, 6) is 7.04. The minimum atomic E-state index is -4.34. The average molecular weight is 471 g/mol. The summed E-state index contributed by atoms with van der Waals surface area (Å²) in [5.41, 5.74) is 1.67. The largest absolute Gasteiger partial charge is 0.416 e. The Bertz CT molecular complexity index is 1150. The predicted octanol–water partition coefficient (Wildman–Crippen LogP) is 7.77. The summed E-state index contributed by atoms with van der Waals surface area (Å²) in [7, 11) is 2.21. The quantitative estimate of drug-likeness (QED) is 0.270. The summed E-state index contributed by atoms with van der Waals surface area (Å²) in [4.78, 5) is 2.45. The van der Waals surface area contributed by atoms with Crippen molar-refractivity contribution < 1.29 is 13.2 Å². The molecule has 2 aromatic carbocycles. The van der Waals surface area contributed by atoms with Gasteiger partial charge in [0, 0.05) is 16.5 Å². The molecular formula is C27H29F3N2S. The Balaban J connectivity index is 1.57. The highest BCUT2D eigenvalue weighted by atomic mass is 32.1. The minimum Gasteiger partial charge on any atom is -0.290 e. The Morgan fingerprint density at radius 1 is 1.06 bits per heavy atom. The molecule has 33 heavy (non-hydrogen) atoms. The lowest BCUT2D eigenvalue weighted by Crippen LogP contribution is -2.43. The van der Waals surface area contributed by atoms with Gasteiger partial charge in [-0.05, 0) is 68.7 Å². The summed E-state index contributed by atoms with van der Waals surface area (Å²) in [6.07, 6.45) is 4.00. The lowest BCUT2D eigenvalue weighted by atomic mass is 9.95. The first-order valence-electron chi connectivity index (χ1n) is 11.6. The van der Waals surface area contributed by atoms with Crippen molar-refractivity contribution in [1.82, 2.24) is 9.27 Å². The maximum atomic E-state index is 12.9. The van der Waals surface area contributed by atoms with Crippen molar-refractivity contribution in [3.05, 3.63) is 53.6 Å². The Hall–Kier alpha value is -2.36. The van der Waals surface area contributed by atoms with Gasteiger partial charge in [0.15, 0.2) is 0 Å². The second-order valence-electron chi connectivity index (χ2n) is 8.93. The lowest BCUT2D eigenvalue weighted by molar-refractivity contribution is -0.137. The summed E-state index contributed by atoms with van der Waals surface area (Å²) in [6, 6.07) is 11.2. The van der Waals surface area contributed by atoms with Gasteiger partial charge in [0.1, 0.15) is 0 Å². The van der Waals surface area contributed by atoms with Crippen LogP contribution in [0.3, 0.4) is 0 Å². The van der Waals surface area contributed by atoms with Crippen LogP contribution in [0.25, 0.3) is 21.3 Å². The van der Waals surface area contributed by atoms with E-state index < -0.39 is 11.7 Å². The predicted molar refractivity (Wildman–Crippen MR) is 130 cm³/mol. The topological polar surface area (TPSA) is 16.1 Å². The number of aromatic nitrogens is 1.